The lowest BCUT2D eigenvalue weighted by molar-refractivity contribution is 0.0696. The monoisotopic (exact) mass is 259 g/mol. The Balaban J connectivity index is 1.66. The van der Waals surface area contributed by atoms with Crippen molar-refractivity contribution in [1.29, 1.82) is 0 Å². The summed E-state index contributed by atoms with van der Waals surface area (Å²) in [7, 11) is 0. The van der Waals surface area contributed by atoms with Crippen LogP contribution in [0.15, 0.2) is 34.9 Å². The molecule has 1 aliphatic heterocycles. The number of para-hydroxylation sites is 1. The molecule has 0 radical (unpaired) electrons. The SMILES string of the molecule is CC(O)C1CCN(Cc2coc3ccccc23)CC1. The van der Waals surface area contributed by atoms with Gasteiger partial charge in [0.25, 0.3) is 0 Å². The number of aliphatic hydroxyl groups excluding tert-OH is 1. The number of piperidine rings is 1. The van der Waals surface area contributed by atoms with Crippen molar-refractivity contribution in [1.82, 2.24) is 4.90 Å². The highest BCUT2D eigenvalue weighted by Gasteiger charge is 2.23. The van der Waals surface area contributed by atoms with Gasteiger partial charge in [0.15, 0.2) is 0 Å². The molecular weight excluding hydrogens is 238 g/mol. The van der Waals surface area contributed by atoms with Crippen LogP contribution < -0.4 is 0 Å². The van der Waals surface area contributed by atoms with Gasteiger partial charge in [0, 0.05) is 17.5 Å². The van der Waals surface area contributed by atoms with Crippen molar-refractivity contribution in [2.75, 3.05) is 13.1 Å². The third kappa shape index (κ3) is 2.67. The lowest BCUT2D eigenvalue weighted by Gasteiger charge is -2.33. The predicted molar refractivity (Wildman–Crippen MR) is 75.9 cm³/mol. The zero-order valence-electron chi connectivity index (χ0n) is 11.4. The first-order valence-electron chi connectivity index (χ1n) is 7.09. The summed E-state index contributed by atoms with van der Waals surface area (Å²) in [5.41, 5.74) is 2.24. The van der Waals surface area contributed by atoms with Crippen LogP contribution in [0, 0.1) is 5.92 Å². The van der Waals surface area contributed by atoms with E-state index in [0.717, 1.165) is 38.1 Å². The minimum absolute atomic E-state index is 0.170. The van der Waals surface area contributed by atoms with E-state index in [4.69, 9.17) is 4.42 Å². The first kappa shape index (κ1) is 12.7. The molecule has 0 aliphatic carbocycles. The largest absolute Gasteiger partial charge is 0.464 e. The molecule has 1 aromatic carbocycles. The lowest BCUT2D eigenvalue weighted by Crippen LogP contribution is -2.36. The maximum atomic E-state index is 9.63. The van der Waals surface area contributed by atoms with E-state index in [2.05, 4.69) is 17.0 Å². The molecule has 0 amide bonds. The van der Waals surface area contributed by atoms with Crippen LogP contribution in [0.5, 0.6) is 0 Å². The smallest absolute Gasteiger partial charge is 0.134 e. The fourth-order valence-electron chi connectivity index (χ4n) is 2.99. The van der Waals surface area contributed by atoms with E-state index in [1.54, 1.807) is 0 Å². The molecule has 19 heavy (non-hydrogen) atoms. The number of hydrogen-bond donors (Lipinski definition) is 1. The topological polar surface area (TPSA) is 36.6 Å². The van der Waals surface area contributed by atoms with Gasteiger partial charge in [-0.25, -0.2) is 0 Å². The Morgan fingerprint density at radius 3 is 2.79 bits per heavy atom. The maximum absolute atomic E-state index is 9.63. The number of aliphatic hydroxyl groups is 1. The number of nitrogens with zero attached hydrogens (tertiary/aromatic N) is 1. The molecule has 3 rings (SSSR count). The standard InChI is InChI=1S/C16H21NO2/c1-12(18)13-6-8-17(9-7-13)10-14-11-19-16-5-3-2-4-15(14)16/h2-5,11-13,18H,6-10H2,1H3. The third-order valence-electron chi connectivity index (χ3n) is 4.27. The molecule has 3 heteroatoms. The van der Waals surface area contributed by atoms with E-state index < -0.39 is 0 Å². The second kappa shape index (κ2) is 5.35. The van der Waals surface area contributed by atoms with Gasteiger partial charge in [-0.1, -0.05) is 18.2 Å². The quantitative estimate of drug-likeness (QED) is 0.920. The van der Waals surface area contributed by atoms with Crippen molar-refractivity contribution in [2.45, 2.75) is 32.4 Å². The number of rotatable bonds is 3. The molecule has 0 bridgehead atoms. The lowest BCUT2D eigenvalue weighted by atomic mass is 9.92. The van der Waals surface area contributed by atoms with Gasteiger partial charge in [0.1, 0.15) is 5.58 Å². The molecular formula is C16H21NO2. The van der Waals surface area contributed by atoms with Crippen molar-refractivity contribution in [2.24, 2.45) is 5.92 Å². The third-order valence-corrected chi connectivity index (χ3v) is 4.27. The minimum Gasteiger partial charge on any atom is -0.464 e. The molecule has 1 aliphatic rings. The van der Waals surface area contributed by atoms with E-state index in [1.807, 2.05) is 25.3 Å². The molecule has 0 saturated carbocycles. The summed E-state index contributed by atoms with van der Waals surface area (Å²) in [6, 6.07) is 8.19. The van der Waals surface area contributed by atoms with Crippen LogP contribution in [0.3, 0.4) is 0 Å². The number of hydrogen-bond acceptors (Lipinski definition) is 3. The Bertz CT molecular complexity index is 538. The van der Waals surface area contributed by atoms with Gasteiger partial charge in [-0.3, -0.25) is 4.90 Å². The summed E-state index contributed by atoms with van der Waals surface area (Å²) in [6.45, 7) is 4.98. The van der Waals surface area contributed by atoms with Crippen LogP contribution in [-0.4, -0.2) is 29.2 Å². The number of likely N-dealkylation sites (tertiary alicyclic amines) is 1. The summed E-state index contributed by atoms with van der Waals surface area (Å²) in [5.74, 6) is 0.470. The van der Waals surface area contributed by atoms with Gasteiger partial charge in [0.2, 0.25) is 0 Å². The van der Waals surface area contributed by atoms with E-state index in [0.29, 0.717) is 5.92 Å². The van der Waals surface area contributed by atoms with Crippen molar-refractivity contribution in [3.63, 3.8) is 0 Å². The highest BCUT2D eigenvalue weighted by Crippen LogP contribution is 2.25. The van der Waals surface area contributed by atoms with Crippen LogP contribution >= 0.6 is 0 Å². The Kier molecular flexibility index (Phi) is 3.58. The average Bonchev–Trinajstić information content (AvgIpc) is 2.83. The Morgan fingerprint density at radius 1 is 1.32 bits per heavy atom. The van der Waals surface area contributed by atoms with Crippen LogP contribution in [0.1, 0.15) is 25.3 Å². The summed E-state index contributed by atoms with van der Waals surface area (Å²) in [4.78, 5) is 2.45. The zero-order chi connectivity index (χ0) is 13.2. The summed E-state index contributed by atoms with van der Waals surface area (Å²) < 4.78 is 5.58. The Labute approximate surface area is 113 Å². The van der Waals surface area contributed by atoms with Crippen molar-refractivity contribution in [3.8, 4) is 0 Å². The van der Waals surface area contributed by atoms with Crippen LogP contribution in [-0.2, 0) is 6.54 Å². The maximum Gasteiger partial charge on any atom is 0.134 e. The van der Waals surface area contributed by atoms with E-state index in [9.17, 15) is 5.11 Å². The zero-order valence-corrected chi connectivity index (χ0v) is 11.4. The average molecular weight is 259 g/mol. The van der Waals surface area contributed by atoms with Crippen LogP contribution in [0.25, 0.3) is 11.0 Å². The number of fused-ring (bicyclic) bond motifs is 1. The molecule has 1 fully saturated rings. The molecule has 3 nitrogen and oxygen atoms in total. The molecule has 1 saturated heterocycles. The fraction of sp³-hybridized carbons (Fsp3) is 0.500. The van der Waals surface area contributed by atoms with Crippen molar-refractivity contribution in [3.05, 3.63) is 36.1 Å². The molecule has 1 unspecified atom stereocenters. The van der Waals surface area contributed by atoms with Gasteiger partial charge in [-0.2, -0.15) is 0 Å². The molecule has 102 valence electrons. The van der Waals surface area contributed by atoms with Gasteiger partial charge in [-0.15, -0.1) is 0 Å². The second-order valence-corrected chi connectivity index (χ2v) is 5.61. The summed E-state index contributed by atoms with van der Waals surface area (Å²) >= 11 is 0. The number of furan rings is 1. The van der Waals surface area contributed by atoms with E-state index in [-0.39, 0.29) is 6.10 Å². The molecule has 2 heterocycles. The van der Waals surface area contributed by atoms with Gasteiger partial charge in [0.05, 0.1) is 12.4 Å². The molecule has 2 aromatic rings. The van der Waals surface area contributed by atoms with E-state index >= 15 is 0 Å². The molecule has 1 N–H and O–H groups in total. The van der Waals surface area contributed by atoms with Crippen LogP contribution in [0.4, 0.5) is 0 Å². The Hall–Kier alpha value is -1.32. The summed E-state index contributed by atoms with van der Waals surface area (Å²) in [5, 5.41) is 10.9. The molecule has 0 spiro atoms. The minimum atomic E-state index is -0.170. The molecule has 1 aromatic heterocycles. The van der Waals surface area contributed by atoms with Crippen molar-refractivity contribution < 1.29 is 9.52 Å². The van der Waals surface area contributed by atoms with Crippen LogP contribution in [0.2, 0.25) is 0 Å². The van der Waals surface area contributed by atoms with Gasteiger partial charge in [-0.05, 0) is 44.8 Å². The van der Waals surface area contributed by atoms with Gasteiger partial charge < -0.3 is 9.52 Å². The first-order valence-corrected chi connectivity index (χ1v) is 7.09. The normalized spacial score (nSPS) is 19.9. The predicted octanol–water partition coefficient (Wildman–Crippen LogP) is 3.03. The Morgan fingerprint density at radius 2 is 2.05 bits per heavy atom. The van der Waals surface area contributed by atoms with Gasteiger partial charge >= 0.3 is 0 Å². The highest BCUT2D eigenvalue weighted by molar-refractivity contribution is 5.80. The first-order chi connectivity index (χ1) is 9.24. The summed E-state index contributed by atoms with van der Waals surface area (Å²) in [6.07, 6.45) is 3.89. The fourth-order valence-corrected chi connectivity index (χ4v) is 2.99. The number of benzene rings is 1. The molecule has 1 atom stereocenters. The second-order valence-electron chi connectivity index (χ2n) is 5.61. The van der Waals surface area contributed by atoms with Crippen molar-refractivity contribution >= 4 is 11.0 Å². The van der Waals surface area contributed by atoms with E-state index in [1.165, 1.54) is 10.9 Å². The highest BCUT2D eigenvalue weighted by atomic mass is 16.3.